The Balaban J connectivity index is 2.43. The minimum absolute atomic E-state index is 0.0853. The van der Waals surface area contributed by atoms with Gasteiger partial charge < -0.3 is 9.67 Å². The van der Waals surface area contributed by atoms with Gasteiger partial charge >= 0.3 is 0 Å². The lowest BCUT2D eigenvalue weighted by Gasteiger charge is -2.09. The lowest BCUT2D eigenvalue weighted by Crippen LogP contribution is -2.22. The number of nitrogens with zero attached hydrogens (tertiary/aromatic N) is 1. The molecule has 0 spiro atoms. The molecule has 0 aliphatic rings. The van der Waals surface area contributed by atoms with Crippen LogP contribution >= 0.6 is 0 Å². The van der Waals surface area contributed by atoms with Crippen LogP contribution in [0.4, 0.5) is 4.39 Å². The van der Waals surface area contributed by atoms with Crippen molar-refractivity contribution in [3.63, 3.8) is 0 Å². The van der Waals surface area contributed by atoms with Gasteiger partial charge in [0.05, 0.1) is 6.54 Å². The molecule has 1 N–H and O–H groups in total. The Bertz CT molecular complexity index is 738. The number of aliphatic hydroxyl groups is 1. The van der Waals surface area contributed by atoms with Gasteiger partial charge in [-0.3, -0.25) is 4.79 Å². The highest BCUT2D eigenvalue weighted by molar-refractivity contribution is 5.42. The van der Waals surface area contributed by atoms with E-state index in [4.69, 9.17) is 5.11 Å². The van der Waals surface area contributed by atoms with Gasteiger partial charge in [-0.05, 0) is 30.7 Å². The van der Waals surface area contributed by atoms with Crippen molar-refractivity contribution in [1.29, 1.82) is 0 Å². The number of aromatic nitrogens is 1. The molecule has 2 aromatic rings. The first kappa shape index (κ1) is 14.0. The molecule has 0 aliphatic carbocycles. The van der Waals surface area contributed by atoms with Crippen molar-refractivity contribution in [2.45, 2.75) is 13.5 Å². The van der Waals surface area contributed by atoms with Gasteiger partial charge in [-0.1, -0.05) is 24.0 Å². The van der Waals surface area contributed by atoms with Crippen LogP contribution in [0.2, 0.25) is 0 Å². The maximum Gasteiger partial charge on any atom is 0.253 e. The topological polar surface area (TPSA) is 42.2 Å². The molecule has 0 amide bonds. The van der Waals surface area contributed by atoms with E-state index in [1.165, 1.54) is 12.1 Å². The van der Waals surface area contributed by atoms with Crippen molar-refractivity contribution in [3.8, 4) is 11.8 Å². The molecule has 20 heavy (non-hydrogen) atoms. The highest BCUT2D eigenvalue weighted by Crippen LogP contribution is 2.11. The zero-order valence-corrected chi connectivity index (χ0v) is 11.1. The fourth-order valence-corrected chi connectivity index (χ4v) is 1.90. The molecule has 4 heteroatoms. The Morgan fingerprint density at radius 1 is 1.35 bits per heavy atom. The van der Waals surface area contributed by atoms with E-state index < -0.39 is 5.82 Å². The number of rotatable bonds is 2. The summed E-state index contributed by atoms with van der Waals surface area (Å²) in [5.74, 6) is 4.80. The van der Waals surface area contributed by atoms with Gasteiger partial charge in [-0.15, -0.1) is 0 Å². The Hall–Kier alpha value is -2.38. The van der Waals surface area contributed by atoms with Crippen molar-refractivity contribution in [1.82, 2.24) is 4.57 Å². The quantitative estimate of drug-likeness (QED) is 0.845. The normalized spacial score (nSPS) is 9.95. The third kappa shape index (κ3) is 3.14. The van der Waals surface area contributed by atoms with Crippen molar-refractivity contribution in [2.75, 3.05) is 6.61 Å². The van der Waals surface area contributed by atoms with Crippen LogP contribution in [0.25, 0.3) is 0 Å². The SMILES string of the molecule is Cc1cccn(Cc2ccc(F)cc2C#CCO)c1=O. The first-order valence-electron chi connectivity index (χ1n) is 6.16. The maximum absolute atomic E-state index is 13.3. The minimum Gasteiger partial charge on any atom is -0.384 e. The molecular weight excluding hydrogens is 257 g/mol. The summed E-state index contributed by atoms with van der Waals surface area (Å²) >= 11 is 0. The summed E-state index contributed by atoms with van der Waals surface area (Å²) < 4.78 is 14.8. The fraction of sp³-hybridized carbons (Fsp3) is 0.188. The van der Waals surface area contributed by atoms with Crippen molar-refractivity contribution in [2.24, 2.45) is 0 Å². The minimum atomic E-state index is -0.396. The van der Waals surface area contributed by atoms with Crippen LogP contribution in [-0.4, -0.2) is 16.3 Å². The van der Waals surface area contributed by atoms with E-state index in [0.29, 0.717) is 17.7 Å². The molecule has 0 radical (unpaired) electrons. The lowest BCUT2D eigenvalue weighted by atomic mass is 10.1. The van der Waals surface area contributed by atoms with Gasteiger partial charge in [0.1, 0.15) is 12.4 Å². The molecule has 2 rings (SSSR count). The molecule has 1 aromatic carbocycles. The second kappa shape index (κ2) is 6.18. The van der Waals surface area contributed by atoms with Gasteiger partial charge in [0.2, 0.25) is 0 Å². The summed E-state index contributed by atoms with van der Waals surface area (Å²) in [4.78, 5) is 12.0. The molecule has 0 unspecified atom stereocenters. The molecule has 0 bridgehead atoms. The second-order valence-corrected chi connectivity index (χ2v) is 4.39. The van der Waals surface area contributed by atoms with Crippen LogP contribution in [0.5, 0.6) is 0 Å². The van der Waals surface area contributed by atoms with E-state index in [2.05, 4.69) is 11.8 Å². The number of hydrogen-bond donors (Lipinski definition) is 1. The molecule has 0 saturated heterocycles. The first-order chi connectivity index (χ1) is 9.61. The molecule has 1 heterocycles. The molecule has 0 atom stereocenters. The van der Waals surface area contributed by atoms with E-state index in [1.54, 1.807) is 35.9 Å². The van der Waals surface area contributed by atoms with Gasteiger partial charge in [-0.25, -0.2) is 4.39 Å². The van der Waals surface area contributed by atoms with Gasteiger partial charge in [0.25, 0.3) is 5.56 Å². The molecule has 0 saturated carbocycles. The average Bonchev–Trinajstić information content (AvgIpc) is 2.44. The Morgan fingerprint density at radius 3 is 2.90 bits per heavy atom. The molecular formula is C16H14FNO2. The summed E-state index contributed by atoms with van der Waals surface area (Å²) in [5.41, 5.74) is 1.78. The number of aryl methyl sites for hydroxylation is 1. The molecule has 1 aromatic heterocycles. The smallest absolute Gasteiger partial charge is 0.253 e. The summed E-state index contributed by atoms with van der Waals surface area (Å²) in [6.07, 6.45) is 1.68. The zero-order chi connectivity index (χ0) is 14.5. The largest absolute Gasteiger partial charge is 0.384 e. The van der Waals surface area contributed by atoms with E-state index >= 15 is 0 Å². The van der Waals surface area contributed by atoms with Crippen molar-refractivity contribution < 1.29 is 9.50 Å². The van der Waals surface area contributed by atoms with Gasteiger partial charge in [-0.2, -0.15) is 0 Å². The van der Waals surface area contributed by atoms with Crippen LogP contribution in [0.15, 0.2) is 41.3 Å². The number of hydrogen-bond acceptors (Lipinski definition) is 2. The third-order valence-corrected chi connectivity index (χ3v) is 2.93. The number of benzene rings is 1. The van der Waals surface area contributed by atoms with Crippen LogP contribution in [0.1, 0.15) is 16.7 Å². The van der Waals surface area contributed by atoms with Crippen molar-refractivity contribution >= 4 is 0 Å². The van der Waals surface area contributed by atoms with Crippen LogP contribution < -0.4 is 5.56 Å². The predicted molar refractivity (Wildman–Crippen MR) is 74.9 cm³/mol. The van der Waals surface area contributed by atoms with E-state index in [9.17, 15) is 9.18 Å². The highest BCUT2D eigenvalue weighted by atomic mass is 19.1. The Kier molecular flexibility index (Phi) is 4.34. The Labute approximate surface area is 116 Å². The average molecular weight is 271 g/mol. The van der Waals surface area contributed by atoms with Crippen LogP contribution in [-0.2, 0) is 6.54 Å². The van der Waals surface area contributed by atoms with E-state index in [0.717, 1.165) is 5.56 Å². The van der Waals surface area contributed by atoms with Crippen LogP contribution in [0, 0.1) is 24.6 Å². The standard InChI is InChI=1S/C16H14FNO2/c1-12-4-2-8-18(16(12)20)11-14-6-7-15(17)10-13(14)5-3-9-19/h2,4,6-8,10,19H,9,11H2,1H3. The number of aliphatic hydroxyl groups excluding tert-OH is 1. The van der Waals surface area contributed by atoms with E-state index in [1.807, 2.05) is 0 Å². The predicted octanol–water partition coefficient (Wildman–Crippen LogP) is 1.69. The molecule has 0 aliphatic heterocycles. The lowest BCUT2D eigenvalue weighted by molar-refractivity contribution is 0.350. The van der Waals surface area contributed by atoms with Crippen molar-refractivity contribution in [3.05, 3.63) is 69.4 Å². The highest BCUT2D eigenvalue weighted by Gasteiger charge is 2.05. The summed E-state index contributed by atoms with van der Waals surface area (Å²) in [5, 5.41) is 8.74. The summed E-state index contributed by atoms with van der Waals surface area (Å²) in [7, 11) is 0. The zero-order valence-electron chi connectivity index (χ0n) is 11.1. The third-order valence-electron chi connectivity index (χ3n) is 2.93. The molecule has 102 valence electrons. The summed E-state index contributed by atoms with van der Waals surface area (Å²) in [6, 6.07) is 7.78. The van der Waals surface area contributed by atoms with Gasteiger partial charge in [0.15, 0.2) is 0 Å². The second-order valence-electron chi connectivity index (χ2n) is 4.39. The molecule has 0 fully saturated rings. The first-order valence-corrected chi connectivity index (χ1v) is 6.16. The molecule has 3 nitrogen and oxygen atoms in total. The number of halogens is 1. The number of pyridine rings is 1. The van der Waals surface area contributed by atoms with Gasteiger partial charge in [0, 0.05) is 17.3 Å². The Morgan fingerprint density at radius 2 is 2.15 bits per heavy atom. The van der Waals surface area contributed by atoms with Crippen LogP contribution in [0.3, 0.4) is 0 Å². The maximum atomic E-state index is 13.3. The summed E-state index contributed by atoms with van der Waals surface area (Å²) in [6.45, 7) is 1.77. The van der Waals surface area contributed by atoms with E-state index in [-0.39, 0.29) is 12.2 Å². The fourth-order valence-electron chi connectivity index (χ4n) is 1.90. The monoisotopic (exact) mass is 271 g/mol.